The summed E-state index contributed by atoms with van der Waals surface area (Å²) in [5, 5.41) is 0.536. The number of hydrogen-bond donors (Lipinski definition) is 1. The summed E-state index contributed by atoms with van der Waals surface area (Å²) in [6.45, 7) is 4.21. The average molecular weight is 275 g/mol. The number of aryl methyl sites for hydroxylation is 1. The van der Waals surface area contributed by atoms with Crippen LogP contribution >= 0.6 is 11.3 Å². The third-order valence-corrected chi connectivity index (χ3v) is 4.03. The molecule has 4 heteroatoms. The monoisotopic (exact) mass is 275 g/mol. The van der Waals surface area contributed by atoms with Crippen molar-refractivity contribution in [3.8, 4) is 11.1 Å². The number of carbonyl (C=O) groups is 1. The minimum Gasteiger partial charge on any atom is -0.462 e. The molecule has 0 saturated heterocycles. The molecule has 1 heterocycles. The van der Waals surface area contributed by atoms with Crippen molar-refractivity contribution in [1.29, 1.82) is 0 Å². The molecule has 0 aliphatic heterocycles. The lowest BCUT2D eigenvalue weighted by molar-refractivity contribution is 0.0529. The van der Waals surface area contributed by atoms with Gasteiger partial charge in [0, 0.05) is 10.4 Å². The smallest absolute Gasteiger partial charge is 0.341 e. The Labute approximate surface area is 117 Å². The van der Waals surface area contributed by atoms with Gasteiger partial charge in [-0.1, -0.05) is 37.3 Å². The third kappa shape index (κ3) is 2.63. The van der Waals surface area contributed by atoms with Crippen molar-refractivity contribution in [2.75, 3.05) is 12.3 Å². The van der Waals surface area contributed by atoms with Crippen LogP contribution < -0.4 is 5.73 Å². The highest BCUT2D eigenvalue weighted by Crippen LogP contribution is 2.39. The van der Waals surface area contributed by atoms with E-state index < -0.39 is 0 Å². The molecule has 0 amide bonds. The lowest BCUT2D eigenvalue weighted by Gasteiger charge is -2.07. The minimum absolute atomic E-state index is 0.338. The van der Waals surface area contributed by atoms with Crippen LogP contribution in [0.15, 0.2) is 30.3 Å². The van der Waals surface area contributed by atoms with E-state index in [0.717, 1.165) is 22.4 Å². The predicted octanol–water partition coefficient (Wildman–Crippen LogP) is 3.74. The molecule has 0 unspecified atom stereocenters. The molecule has 0 aliphatic carbocycles. The summed E-state index contributed by atoms with van der Waals surface area (Å²) in [6.07, 6.45) is 0.846. The highest BCUT2D eigenvalue weighted by atomic mass is 32.1. The number of ether oxygens (including phenoxy) is 1. The molecular formula is C15H17NO2S. The topological polar surface area (TPSA) is 52.3 Å². The fraction of sp³-hybridized carbons (Fsp3) is 0.267. The number of carbonyl (C=O) groups excluding carboxylic acids is 1. The van der Waals surface area contributed by atoms with E-state index in [1.807, 2.05) is 30.3 Å². The van der Waals surface area contributed by atoms with Crippen LogP contribution in [0, 0.1) is 0 Å². The zero-order chi connectivity index (χ0) is 13.8. The van der Waals surface area contributed by atoms with Crippen LogP contribution in [-0.2, 0) is 11.2 Å². The zero-order valence-corrected chi connectivity index (χ0v) is 11.9. The molecule has 1 aromatic carbocycles. The van der Waals surface area contributed by atoms with Gasteiger partial charge in [-0.25, -0.2) is 4.79 Å². The number of thiophene rings is 1. The van der Waals surface area contributed by atoms with Gasteiger partial charge in [0.15, 0.2) is 0 Å². The van der Waals surface area contributed by atoms with Crippen LogP contribution in [0.4, 0.5) is 5.00 Å². The third-order valence-electron chi connectivity index (χ3n) is 2.87. The highest BCUT2D eigenvalue weighted by molar-refractivity contribution is 7.17. The fourth-order valence-corrected chi connectivity index (χ4v) is 3.08. The first kappa shape index (κ1) is 13.6. The molecule has 3 nitrogen and oxygen atoms in total. The van der Waals surface area contributed by atoms with E-state index in [1.165, 1.54) is 11.3 Å². The molecule has 2 aromatic rings. The first-order chi connectivity index (χ1) is 9.19. The van der Waals surface area contributed by atoms with E-state index in [2.05, 4.69) is 6.92 Å². The molecule has 0 bridgehead atoms. The van der Waals surface area contributed by atoms with E-state index in [1.54, 1.807) is 6.92 Å². The summed E-state index contributed by atoms with van der Waals surface area (Å²) in [6, 6.07) is 9.84. The Morgan fingerprint density at radius 1 is 1.26 bits per heavy atom. The van der Waals surface area contributed by atoms with E-state index in [-0.39, 0.29) is 5.97 Å². The summed E-state index contributed by atoms with van der Waals surface area (Å²) in [4.78, 5) is 13.2. The Balaban J connectivity index is 2.60. The van der Waals surface area contributed by atoms with Gasteiger partial charge in [-0.3, -0.25) is 0 Å². The number of rotatable bonds is 4. The van der Waals surface area contributed by atoms with Gasteiger partial charge in [0.2, 0.25) is 0 Å². The highest BCUT2D eigenvalue weighted by Gasteiger charge is 2.23. The maximum absolute atomic E-state index is 12.1. The maximum Gasteiger partial charge on any atom is 0.341 e. The van der Waals surface area contributed by atoms with Crippen LogP contribution in [0.5, 0.6) is 0 Å². The molecule has 19 heavy (non-hydrogen) atoms. The lowest BCUT2D eigenvalue weighted by atomic mass is 10.0. The first-order valence-corrected chi connectivity index (χ1v) is 7.14. The molecule has 1 aromatic heterocycles. The molecule has 100 valence electrons. The first-order valence-electron chi connectivity index (χ1n) is 6.32. The molecule has 0 spiro atoms. The number of anilines is 1. The van der Waals surface area contributed by atoms with E-state index in [9.17, 15) is 4.79 Å². The SMILES string of the molecule is CCOC(=O)c1c(N)sc(CC)c1-c1ccccc1. The van der Waals surface area contributed by atoms with Crippen molar-refractivity contribution in [1.82, 2.24) is 0 Å². The Morgan fingerprint density at radius 3 is 2.53 bits per heavy atom. The second kappa shape index (κ2) is 5.89. The predicted molar refractivity (Wildman–Crippen MR) is 79.5 cm³/mol. The van der Waals surface area contributed by atoms with Crippen LogP contribution in [0.2, 0.25) is 0 Å². The number of nitrogen functional groups attached to an aromatic ring is 1. The summed E-state index contributed by atoms with van der Waals surface area (Å²) in [5.41, 5.74) is 8.44. The fourth-order valence-electron chi connectivity index (χ4n) is 2.06. The number of esters is 1. The van der Waals surface area contributed by atoms with E-state index in [0.29, 0.717) is 17.2 Å². The van der Waals surface area contributed by atoms with Gasteiger partial charge in [0.05, 0.1) is 6.61 Å². The molecule has 2 rings (SSSR count). The summed E-state index contributed by atoms with van der Waals surface area (Å²) in [7, 11) is 0. The van der Waals surface area contributed by atoms with Gasteiger partial charge < -0.3 is 10.5 Å². The molecule has 0 aliphatic rings. The minimum atomic E-state index is -0.338. The van der Waals surface area contributed by atoms with Crippen molar-refractivity contribution in [2.45, 2.75) is 20.3 Å². The Morgan fingerprint density at radius 2 is 1.95 bits per heavy atom. The second-order valence-electron chi connectivity index (χ2n) is 4.08. The molecule has 2 N–H and O–H groups in total. The maximum atomic E-state index is 12.1. The van der Waals surface area contributed by atoms with Crippen molar-refractivity contribution in [3.63, 3.8) is 0 Å². The normalized spacial score (nSPS) is 10.4. The largest absolute Gasteiger partial charge is 0.462 e. The quantitative estimate of drug-likeness (QED) is 0.865. The van der Waals surface area contributed by atoms with Crippen LogP contribution in [0.25, 0.3) is 11.1 Å². The average Bonchev–Trinajstić information content (AvgIpc) is 2.77. The van der Waals surface area contributed by atoms with Crippen LogP contribution in [0.1, 0.15) is 29.1 Å². The van der Waals surface area contributed by atoms with Gasteiger partial charge in [-0.15, -0.1) is 11.3 Å². The Hall–Kier alpha value is -1.81. The molecule has 0 saturated carbocycles. The Kier molecular flexibility index (Phi) is 4.22. The summed E-state index contributed by atoms with van der Waals surface area (Å²) < 4.78 is 5.12. The van der Waals surface area contributed by atoms with Crippen LogP contribution in [-0.4, -0.2) is 12.6 Å². The second-order valence-corrected chi connectivity index (χ2v) is 5.22. The number of hydrogen-bond acceptors (Lipinski definition) is 4. The molecule has 0 atom stereocenters. The van der Waals surface area contributed by atoms with Gasteiger partial charge in [0.25, 0.3) is 0 Å². The standard InChI is InChI=1S/C15H17NO2S/c1-3-11-12(10-8-6-5-7-9-10)13(14(16)19-11)15(17)18-4-2/h5-9H,3-4,16H2,1-2H3. The number of nitrogens with two attached hydrogens (primary N) is 1. The molecular weight excluding hydrogens is 258 g/mol. The van der Waals surface area contributed by atoms with E-state index >= 15 is 0 Å². The van der Waals surface area contributed by atoms with Gasteiger partial charge in [-0.2, -0.15) is 0 Å². The van der Waals surface area contributed by atoms with Crippen molar-refractivity contribution in [3.05, 3.63) is 40.8 Å². The van der Waals surface area contributed by atoms with Crippen molar-refractivity contribution < 1.29 is 9.53 Å². The molecule has 0 fully saturated rings. The van der Waals surface area contributed by atoms with Gasteiger partial charge in [0.1, 0.15) is 10.6 Å². The molecule has 0 radical (unpaired) electrons. The van der Waals surface area contributed by atoms with Gasteiger partial charge >= 0.3 is 5.97 Å². The summed E-state index contributed by atoms with van der Waals surface area (Å²) in [5.74, 6) is -0.338. The van der Waals surface area contributed by atoms with E-state index in [4.69, 9.17) is 10.5 Å². The Bertz CT molecular complexity index is 575. The van der Waals surface area contributed by atoms with Gasteiger partial charge in [-0.05, 0) is 18.9 Å². The van der Waals surface area contributed by atoms with Crippen molar-refractivity contribution >= 4 is 22.3 Å². The summed E-state index contributed by atoms with van der Waals surface area (Å²) >= 11 is 1.47. The zero-order valence-electron chi connectivity index (χ0n) is 11.1. The van der Waals surface area contributed by atoms with Crippen LogP contribution in [0.3, 0.4) is 0 Å². The lowest BCUT2D eigenvalue weighted by Crippen LogP contribution is -2.07. The number of benzene rings is 1. The van der Waals surface area contributed by atoms with Crippen molar-refractivity contribution in [2.24, 2.45) is 0 Å².